The highest BCUT2D eigenvalue weighted by atomic mass is 35.5. The molecule has 0 aromatic heterocycles. The van der Waals surface area contributed by atoms with Crippen LogP contribution in [0.1, 0.15) is 34.1 Å². The van der Waals surface area contributed by atoms with Crippen molar-refractivity contribution in [1.29, 1.82) is 0 Å². The van der Waals surface area contributed by atoms with Crippen molar-refractivity contribution in [3.05, 3.63) is 64.7 Å². The number of nitrogens with one attached hydrogen (secondary N) is 3. The number of amides is 2. The number of carbonyl (C=O) groups is 3. The summed E-state index contributed by atoms with van der Waals surface area (Å²) in [6.45, 7) is 1.15. The molecule has 10 heteroatoms. The van der Waals surface area contributed by atoms with Crippen molar-refractivity contribution in [2.75, 3.05) is 6.54 Å². The molecular formula is C18H18ClN3O5S. The molecule has 0 spiro atoms. The van der Waals surface area contributed by atoms with Crippen LogP contribution in [0.15, 0.2) is 53.4 Å². The SMILES string of the molecule is CC(=O)c1cccc(S(=O)(=O)NCCC(=O)NNC(=O)c2ccc(Cl)cc2)c1. The summed E-state index contributed by atoms with van der Waals surface area (Å²) in [5.41, 5.74) is 4.99. The zero-order valence-corrected chi connectivity index (χ0v) is 16.4. The molecule has 148 valence electrons. The number of Topliss-reactive ketones (excluding diaryl/α,β-unsaturated/α-hetero) is 1. The normalized spacial score (nSPS) is 10.9. The second-order valence-electron chi connectivity index (χ2n) is 5.74. The Morgan fingerprint density at radius 1 is 0.964 bits per heavy atom. The maximum Gasteiger partial charge on any atom is 0.269 e. The van der Waals surface area contributed by atoms with Crippen molar-refractivity contribution in [2.24, 2.45) is 0 Å². The van der Waals surface area contributed by atoms with Crippen LogP contribution in [0.2, 0.25) is 5.02 Å². The van der Waals surface area contributed by atoms with E-state index in [0.717, 1.165) is 0 Å². The van der Waals surface area contributed by atoms with Crippen LogP contribution in [0.4, 0.5) is 0 Å². The molecule has 0 heterocycles. The first-order valence-corrected chi connectivity index (χ1v) is 10.0. The minimum atomic E-state index is -3.87. The van der Waals surface area contributed by atoms with Crippen LogP contribution in [0, 0.1) is 0 Å². The second kappa shape index (κ2) is 9.45. The van der Waals surface area contributed by atoms with E-state index >= 15 is 0 Å². The molecule has 0 atom stereocenters. The average molecular weight is 424 g/mol. The van der Waals surface area contributed by atoms with Crippen molar-refractivity contribution >= 4 is 39.2 Å². The first kappa shape index (κ1) is 21.5. The number of hydrazine groups is 1. The summed E-state index contributed by atoms with van der Waals surface area (Å²) in [5, 5.41) is 0.474. The zero-order valence-electron chi connectivity index (χ0n) is 14.9. The van der Waals surface area contributed by atoms with Crippen molar-refractivity contribution in [3.8, 4) is 0 Å². The third kappa shape index (κ3) is 6.15. The summed E-state index contributed by atoms with van der Waals surface area (Å²) < 4.78 is 26.7. The van der Waals surface area contributed by atoms with Gasteiger partial charge >= 0.3 is 0 Å². The summed E-state index contributed by atoms with van der Waals surface area (Å²) in [4.78, 5) is 34.9. The van der Waals surface area contributed by atoms with Gasteiger partial charge in [0, 0.05) is 29.1 Å². The Morgan fingerprint density at radius 2 is 1.64 bits per heavy atom. The van der Waals surface area contributed by atoms with Gasteiger partial charge in [0.05, 0.1) is 4.90 Å². The van der Waals surface area contributed by atoms with Crippen LogP contribution >= 0.6 is 11.6 Å². The highest BCUT2D eigenvalue weighted by Crippen LogP contribution is 2.12. The molecule has 2 amide bonds. The molecule has 0 radical (unpaired) electrons. The summed E-state index contributed by atoms with van der Waals surface area (Å²) >= 11 is 5.73. The molecule has 0 bridgehead atoms. The zero-order chi connectivity index (χ0) is 20.7. The Labute approximate surface area is 167 Å². The number of benzene rings is 2. The molecule has 3 N–H and O–H groups in total. The van der Waals surface area contributed by atoms with Gasteiger partial charge in [-0.05, 0) is 43.3 Å². The Bertz CT molecular complexity index is 991. The first-order chi connectivity index (χ1) is 13.2. The lowest BCUT2D eigenvalue weighted by Gasteiger charge is -2.09. The third-order valence-electron chi connectivity index (χ3n) is 3.62. The van der Waals surface area contributed by atoms with Crippen molar-refractivity contribution in [1.82, 2.24) is 15.6 Å². The molecule has 8 nitrogen and oxygen atoms in total. The highest BCUT2D eigenvalue weighted by Gasteiger charge is 2.16. The lowest BCUT2D eigenvalue weighted by Crippen LogP contribution is -2.42. The molecule has 2 aromatic rings. The van der Waals surface area contributed by atoms with Gasteiger partial charge in [-0.3, -0.25) is 25.2 Å². The lowest BCUT2D eigenvalue weighted by molar-refractivity contribution is -0.121. The van der Waals surface area contributed by atoms with E-state index < -0.39 is 21.8 Å². The van der Waals surface area contributed by atoms with Crippen molar-refractivity contribution in [2.45, 2.75) is 18.2 Å². The highest BCUT2D eigenvalue weighted by molar-refractivity contribution is 7.89. The first-order valence-electron chi connectivity index (χ1n) is 8.14. The van der Waals surface area contributed by atoms with Gasteiger partial charge in [-0.1, -0.05) is 23.7 Å². The predicted octanol–water partition coefficient (Wildman–Crippen LogP) is 1.67. The summed E-state index contributed by atoms with van der Waals surface area (Å²) in [7, 11) is -3.87. The van der Waals surface area contributed by atoms with E-state index in [1.54, 1.807) is 0 Å². The number of carbonyl (C=O) groups excluding carboxylic acids is 3. The van der Waals surface area contributed by atoms with Gasteiger partial charge in [0.25, 0.3) is 5.91 Å². The minimum Gasteiger partial charge on any atom is -0.295 e. The van der Waals surface area contributed by atoms with E-state index in [1.807, 2.05) is 0 Å². The summed E-state index contributed by atoms with van der Waals surface area (Å²) in [5.74, 6) is -1.37. The molecule has 0 fully saturated rings. The summed E-state index contributed by atoms with van der Waals surface area (Å²) in [6.07, 6.45) is -0.202. The number of ketones is 1. The molecule has 0 saturated heterocycles. The topological polar surface area (TPSA) is 121 Å². The quantitative estimate of drug-likeness (QED) is 0.462. The number of halogens is 1. The van der Waals surface area contributed by atoms with Gasteiger partial charge in [-0.15, -0.1) is 0 Å². The van der Waals surface area contributed by atoms with Crippen molar-refractivity contribution in [3.63, 3.8) is 0 Å². The molecular weight excluding hydrogens is 406 g/mol. The van der Waals surface area contributed by atoms with Crippen LogP contribution in [-0.4, -0.2) is 32.6 Å². The number of rotatable bonds is 7. The smallest absolute Gasteiger partial charge is 0.269 e. The summed E-state index contributed by atoms with van der Waals surface area (Å²) in [6, 6.07) is 11.6. The van der Waals surface area contributed by atoms with Crippen LogP contribution in [-0.2, 0) is 14.8 Å². The van der Waals surface area contributed by atoms with E-state index in [0.29, 0.717) is 10.6 Å². The van der Waals surface area contributed by atoms with Crippen LogP contribution in [0.3, 0.4) is 0 Å². The van der Waals surface area contributed by atoms with Crippen LogP contribution in [0.5, 0.6) is 0 Å². The number of hydrogen-bond donors (Lipinski definition) is 3. The maximum atomic E-state index is 12.2. The fourth-order valence-electron chi connectivity index (χ4n) is 2.13. The molecule has 0 unspecified atom stereocenters. The molecule has 2 rings (SSSR count). The maximum absolute atomic E-state index is 12.2. The number of hydrogen-bond acceptors (Lipinski definition) is 5. The number of sulfonamides is 1. The van der Waals surface area contributed by atoms with Gasteiger partial charge in [0.15, 0.2) is 5.78 Å². The Hall–Kier alpha value is -2.75. The molecule has 28 heavy (non-hydrogen) atoms. The van der Waals surface area contributed by atoms with Gasteiger partial charge < -0.3 is 0 Å². The fourth-order valence-corrected chi connectivity index (χ4v) is 3.33. The van der Waals surface area contributed by atoms with E-state index in [4.69, 9.17) is 11.6 Å². The Balaban J connectivity index is 1.82. The minimum absolute atomic E-state index is 0.0725. The van der Waals surface area contributed by atoms with E-state index in [2.05, 4.69) is 15.6 Å². The molecule has 0 saturated carbocycles. The molecule has 0 aliphatic heterocycles. The molecule has 0 aliphatic rings. The van der Waals surface area contributed by atoms with Gasteiger partial charge in [-0.2, -0.15) is 0 Å². The largest absolute Gasteiger partial charge is 0.295 e. The van der Waals surface area contributed by atoms with E-state index in [9.17, 15) is 22.8 Å². The predicted molar refractivity (Wildman–Crippen MR) is 103 cm³/mol. The Morgan fingerprint density at radius 3 is 2.29 bits per heavy atom. The third-order valence-corrected chi connectivity index (χ3v) is 5.33. The van der Waals surface area contributed by atoms with Gasteiger partial charge in [0.2, 0.25) is 15.9 Å². The van der Waals surface area contributed by atoms with E-state index in [1.165, 1.54) is 55.5 Å². The second-order valence-corrected chi connectivity index (χ2v) is 7.94. The Kier molecular flexibility index (Phi) is 7.27. The molecule has 0 aliphatic carbocycles. The molecule has 2 aromatic carbocycles. The fraction of sp³-hybridized carbons (Fsp3) is 0.167. The van der Waals surface area contributed by atoms with Gasteiger partial charge in [0.1, 0.15) is 0 Å². The van der Waals surface area contributed by atoms with Crippen LogP contribution < -0.4 is 15.6 Å². The monoisotopic (exact) mass is 423 g/mol. The van der Waals surface area contributed by atoms with Crippen molar-refractivity contribution < 1.29 is 22.8 Å². The standard InChI is InChI=1S/C18H18ClN3O5S/c1-12(23)14-3-2-4-16(11-14)28(26,27)20-10-9-17(24)21-22-18(25)13-5-7-15(19)8-6-13/h2-8,11,20H,9-10H2,1H3,(H,21,24)(H,22,25). The van der Waals surface area contributed by atoms with Gasteiger partial charge in [-0.25, -0.2) is 13.1 Å². The van der Waals surface area contributed by atoms with Crippen LogP contribution in [0.25, 0.3) is 0 Å². The average Bonchev–Trinajstić information content (AvgIpc) is 2.66. The van der Waals surface area contributed by atoms with E-state index in [-0.39, 0.29) is 29.2 Å². The lowest BCUT2D eigenvalue weighted by atomic mass is 10.2.